The van der Waals surface area contributed by atoms with Crippen LogP contribution < -0.4 is 15.8 Å². The molecule has 4 N–H and O–H groups in total. The predicted octanol–water partition coefficient (Wildman–Crippen LogP) is 0.485. The summed E-state index contributed by atoms with van der Waals surface area (Å²) in [5.74, 6) is 0. The minimum absolute atomic E-state index is 0.0835. The van der Waals surface area contributed by atoms with Crippen molar-refractivity contribution in [3.8, 4) is 0 Å². The lowest BCUT2D eigenvalue weighted by molar-refractivity contribution is 0.588. The summed E-state index contributed by atoms with van der Waals surface area (Å²) in [7, 11) is -2.16. The molecule has 0 atom stereocenters. The molecule has 1 aromatic carbocycles. The number of nitrogens with one attached hydrogen (secondary N) is 2. The number of rotatable bonds is 6. The normalized spacial score (nSPS) is 11.4. The van der Waals surface area contributed by atoms with Crippen molar-refractivity contribution >= 4 is 21.4 Å². The number of benzene rings is 1. The molecule has 0 fully saturated rings. The van der Waals surface area contributed by atoms with Crippen molar-refractivity contribution in [3.63, 3.8) is 0 Å². The molecule has 0 saturated heterocycles. The zero-order chi connectivity index (χ0) is 14.6. The Morgan fingerprint density at radius 1 is 1.40 bits per heavy atom. The lowest BCUT2D eigenvalue weighted by Gasteiger charge is -2.10. The topological polar surface area (TPSA) is 102 Å². The molecule has 20 heavy (non-hydrogen) atoms. The molecule has 108 valence electrons. The molecule has 2 aromatic rings. The highest BCUT2D eigenvalue weighted by molar-refractivity contribution is 7.89. The molecule has 1 heterocycles. The van der Waals surface area contributed by atoms with Crippen LogP contribution in [-0.4, -0.2) is 31.6 Å². The molecule has 0 saturated carbocycles. The van der Waals surface area contributed by atoms with Crippen LogP contribution >= 0.6 is 0 Å². The van der Waals surface area contributed by atoms with Crippen molar-refractivity contribution in [2.24, 2.45) is 0 Å². The molecule has 1 aromatic heterocycles. The van der Waals surface area contributed by atoms with Gasteiger partial charge < -0.3 is 15.6 Å². The number of nitrogens with zero attached hydrogens (tertiary/aromatic N) is 2. The highest BCUT2D eigenvalue weighted by Gasteiger charge is 2.14. The van der Waals surface area contributed by atoms with Crippen molar-refractivity contribution in [3.05, 3.63) is 36.9 Å². The number of anilines is 2. The van der Waals surface area contributed by atoms with Crippen LogP contribution in [0.2, 0.25) is 0 Å². The third-order valence-electron chi connectivity index (χ3n) is 2.83. The Morgan fingerprint density at radius 3 is 2.80 bits per heavy atom. The van der Waals surface area contributed by atoms with Gasteiger partial charge in [0.1, 0.15) is 4.90 Å². The van der Waals surface area contributed by atoms with Crippen LogP contribution in [0.15, 0.2) is 41.8 Å². The standard InChI is InChI=1S/C12H17N5O2S/c1-14-20(18,19)12-3-2-10(8-11(12)13)16-5-7-17-6-4-15-9-17/h2-4,6,8-9,14,16H,5,7,13H2,1H3. The summed E-state index contributed by atoms with van der Waals surface area (Å²) in [5, 5.41) is 3.18. The van der Waals surface area contributed by atoms with Crippen LogP contribution in [0, 0.1) is 0 Å². The first-order valence-electron chi connectivity index (χ1n) is 6.05. The molecule has 7 nitrogen and oxygen atoms in total. The highest BCUT2D eigenvalue weighted by atomic mass is 32.2. The first kappa shape index (κ1) is 14.4. The van der Waals surface area contributed by atoms with Crippen LogP contribution in [0.25, 0.3) is 0 Å². The van der Waals surface area contributed by atoms with E-state index in [1.54, 1.807) is 24.7 Å². The fourth-order valence-corrected chi connectivity index (χ4v) is 2.60. The van der Waals surface area contributed by atoms with E-state index in [1.165, 1.54) is 13.1 Å². The molecule has 0 aliphatic heterocycles. The lowest BCUT2D eigenvalue weighted by Crippen LogP contribution is -2.20. The van der Waals surface area contributed by atoms with Crippen LogP contribution in [-0.2, 0) is 16.6 Å². The maximum Gasteiger partial charge on any atom is 0.242 e. The van der Waals surface area contributed by atoms with Gasteiger partial charge >= 0.3 is 0 Å². The lowest BCUT2D eigenvalue weighted by atomic mass is 10.3. The van der Waals surface area contributed by atoms with Crippen LogP contribution in [0.3, 0.4) is 0 Å². The van der Waals surface area contributed by atoms with E-state index in [0.717, 1.165) is 12.2 Å². The summed E-state index contributed by atoms with van der Waals surface area (Å²) in [4.78, 5) is 4.03. The number of hydrogen-bond donors (Lipinski definition) is 3. The third-order valence-corrected chi connectivity index (χ3v) is 4.31. The van der Waals surface area contributed by atoms with E-state index >= 15 is 0 Å². The van der Waals surface area contributed by atoms with Gasteiger partial charge in [-0.1, -0.05) is 0 Å². The van der Waals surface area contributed by atoms with Crippen molar-refractivity contribution in [1.29, 1.82) is 0 Å². The summed E-state index contributed by atoms with van der Waals surface area (Å²) in [6.45, 7) is 1.45. The molecule has 0 radical (unpaired) electrons. The Morgan fingerprint density at radius 2 is 2.20 bits per heavy atom. The van der Waals surface area contributed by atoms with Gasteiger partial charge in [0.25, 0.3) is 0 Å². The number of nitrogens with two attached hydrogens (primary N) is 1. The molecule has 8 heteroatoms. The Kier molecular flexibility index (Phi) is 4.26. The van der Waals surface area contributed by atoms with Crippen LogP contribution in [0.1, 0.15) is 0 Å². The maximum atomic E-state index is 11.7. The number of aromatic nitrogens is 2. The average molecular weight is 295 g/mol. The zero-order valence-corrected chi connectivity index (χ0v) is 11.9. The van der Waals surface area contributed by atoms with E-state index in [2.05, 4.69) is 15.0 Å². The molecule has 0 bridgehead atoms. The van der Waals surface area contributed by atoms with E-state index in [1.807, 2.05) is 10.8 Å². The van der Waals surface area contributed by atoms with Crippen LogP contribution in [0.4, 0.5) is 11.4 Å². The van der Waals surface area contributed by atoms with Gasteiger partial charge in [0.2, 0.25) is 10.0 Å². The minimum atomic E-state index is -3.52. The van der Waals surface area contributed by atoms with E-state index < -0.39 is 10.0 Å². The van der Waals surface area contributed by atoms with Crippen LogP contribution in [0.5, 0.6) is 0 Å². The SMILES string of the molecule is CNS(=O)(=O)c1ccc(NCCn2ccnc2)cc1N. The maximum absolute atomic E-state index is 11.7. The fraction of sp³-hybridized carbons (Fsp3) is 0.250. The minimum Gasteiger partial charge on any atom is -0.398 e. The van der Waals surface area contributed by atoms with E-state index in [0.29, 0.717) is 6.54 Å². The van der Waals surface area contributed by atoms with E-state index in [-0.39, 0.29) is 10.6 Å². The Labute approximate surface area is 117 Å². The first-order valence-corrected chi connectivity index (χ1v) is 7.54. The van der Waals surface area contributed by atoms with Gasteiger partial charge in [0, 0.05) is 31.2 Å². The number of nitrogen functional groups attached to an aromatic ring is 1. The molecular weight excluding hydrogens is 278 g/mol. The number of hydrogen-bond acceptors (Lipinski definition) is 5. The Balaban J connectivity index is 2.02. The summed E-state index contributed by atoms with van der Waals surface area (Å²) in [6.07, 6.45) is 5.33. The summed E-state index contributed by atoms with van der Waals surface area (Å²) < 4.78 is 27.5. The monoisotopic (exact) mass is 295 g/mol. The van der Waals surface area contributed by atoms with Gasteiger partial charge in [0.05, 0.1) is 12.0 Å². The third kappa shape index (κ3) is 3.28. The first-order chi connectivity index (χ1) is 9.53. The van der Waals surface area contributed by atoms with Gasteiger partial charge in [-0.2, -0.15) is 0 Å². The molecule has 0 amide bonds. The van der Waals surface area contributed by atoms with E-state index in [4.69, 9.17) is 5.73 Å². The summed E-state index contributed by atoms with van der Waals surface area (Å²) in [5.41, 5.74) is 6.77. The molecule has 0 spiro atoms. The van der Waals surface area contributed by atoms with E-state index in [9.17, 15) is 8.42 Å². The molecular formula is C12H17N5O2S. The predicted molar refractivity (Wildman–Crippen MR) is 77.8 cm³/mol. The summed E-state index contributed by atoms with van der Waals surface area (Å²) in [6, 6.07) is 4.79. The van der Waals surface area contributed by atoms with Crippen molar-refractivity contribution in [1.82, 2.24) is 14.3 Å². The summed E-state index contributed by atoms with van der Waals surface area (Å²) >= 11 is 0. The Hall–Kier alpha value is -2.06. The smallest absolute Gasteiger partial charge is 0.242 e. The number of sulfonamides is 1. The average Bonchev–Trinajstić information content (AvgIpc) is 2.92. The quantitative estimate of drug-likeness (QED) is 0.673. The largest absolute Gasteiger partial charge is 0.398 e. The molecule has 0 aliphatic rings. The zero-order valence-electron chi connectivity index (χ0n) is 11.1. The molecule has 0 unspecified atom stereocenters. The Bertz CT molecular complexity index is 667. The highest BCUT2D eigenvalue weighted by Crippen LogP contribution is 2.22. The second kappa shape index (κ2) is 5.93. The molecule has 0 aliphatic carbocycles. The van der Waals surface area contributed by atoms with Crippen molar-refractivity contribution in [2.45, 2.75) is 11.4 Å². The fourth-order valence-electron chi connectivity index (χ4n) is 1.76. The molecule has 2 rings (SSSR count). The second-order valence-electron chi connectivity index (χ2n) is 4.19. The van der Waals surface area contributed by atoms with Gasteiger partial charge in [-0.25, -0.2) is 18.1 Å². The van der Waals surface area contributed by atoms with Gasteiger partial charge in [-0.3, -0.25) is 0 Å². The van der Waals surface area contributed by atoms with Gasteiger partial charge in [0.15, 0.2) is 0 Å². The number of imidazole rings is 1. The van der Waals surface area contributed by atoms with Crippen molar-refractivity contribution in [2.75, 3.05) is 24.6 Å². The van der Waals surface area contributed by atoms with Crippen molar-refractivity contribution < 1.29 is 8.42 Å². The van der Waals surface area contributed by atoms with Gasteiger partial charge in [-0.05, 0) is 25.2 Å². The van der Waals surface area contributed by atoms with Gasteiger partial charge in [-0.15, -0.1) is 0 Å². The second-order valence-corrected chi connectivity index (χ2v) is 6.04.